The monoisotopic (exact) mass is 390 g/mol. The SMILES string of the molecule is CCC1=Cc2c(CC)cccc2C1[SiH](C)C.[Cl][Zr][Cl]. The van der Waals surface area contributed by atoms with Crippen LogP contribution < -0.4 is 0 Å². The van der Waals surface area contributed by atoms with Gasteiger partial charge in [-0.2, -0.15) is 0 Å². The Labute approximate surface area is 137 Å². The molecule has 0 fully saturated rings. The van der Waals surface area contributed by atoms with Crippen molar-refractivity contribution in [1.82, 2.24) is 0 Å². The average molecular weight is 393 g/mol. The summed E-state index contributed by atoms with van der Waals surface area (Å²) in [6.45, 7) is 9.51. The number of rotatable bonds is 3. The number of aryl methyl sites for hydroxylation is 1. The van der Waals surface area contributed by atoms with Crippen molar-refractivity contribution in [3.8, 4) is 0 Å². The number of benzene rings is 1. The molecule has 1 atom stereocenters. The van der Waals surface area contributed by atoms with Crippen molar-refractivity contribution in [3.05, 3.63) is 40.5 Å². The van der Waals surface area contributed by atoms with Gasteiger partial charge in [-0.05, 0) is 35.1 Å². The van der Waals surface area contributed by atoms with E-state index in [2.05, 4.69) is 51.2 Å². The summed E-state index contributed by atoms with van der Waals surface area (Å²) in [7, 11) is 9.23. The molecule has 0 aliphatic heterocycles. The van der Waals surface area contributed by atoms with Gasteiger partial charge in [-0.15, -0.1) is 0 Å². The molecular formula is C15H22Cl2SiZr. The maximum atomic E-state index is 4.93. The molecule has 1 aliphatic carbocycles. The third kappa shape index (κ3) is 4.30. The average Bonchev–Trinajstić information content (AvgIpc) is 2.77. The van der Waals surface area contributed by atoms with Crippen molar-refractivity contribution in [2.24, 2.45) is 0 Å². The number of halogens is 2. The molecule has 0 amide bonds. The molecule has 1 unspecified atom stereocenters. The molecule has 0 N–H and O–H groups in total. The Balaban J connectivity index is 0.000000550. The van der Waals surface area contributed by atoms with Gasteiger partial charge in [0.2, 0.25) is 0 Å². The molecule has 0 nitrogen and oxygen atoms in total. The first-order valence-electron chi connectivity index (χ1n) is 6.89. The normalized spacial score (nSPS) is 16.6. The van der Waals surface area contributed by atoms with Gasteiger partial charge < -0.3 is 0 Å². The van der Waals surface area contributed by atoms with Crippen LogP contribution in [-0.2, 0) is 27.3 Å². The zero-order valence-electron chi connectivity index (χ0n) is 12.1. The van der Waals surface area contributed by atoms with Crippen molar-refractivity contribution < 1.29 is 20.8 Å². The quantitative estimate of drug-likeness (QED) is 0.592. The van der Waals surface area contributed by atoms with Gasteiger partial charge in [-0.25, -0.2) is 0 Å². The van der Waals surface area contributed by atoms with Crippen LogP contribution in [0.5, 0.6) is 0 Å². The van der Waals surface area contributed by atoms with E-state index in [-0.39, 0.29) is 0 Å². The van der Waals surface area contributed by atoms with Gasteiger partial charge in [0.25, 0.3) is 0 Å². The van der Waals surface area contributed by atoms with E-state index in [1.54, 1.807) is 16.7 Å². The molecule has 0 bridgehead atoms. The van der Waals surface area contributed by atoms with Crippen LogP contribution in [0.1, 0.15) is 42.5 Å². The molecule has 1 aromatic rings. The van der Waals surface area contributed by atoms with Crippen LogP contribution in [0.25, 0.3) is 6.08 Å². The predicted octanol–water partition coefficient (Wildman–Crippen LogP) is 5.54. The Morgan fingerprint density at radius 2 is 1.79 bits per heavy atom. The van der Waals surface area contributed by atoms with E-state index < -0.39 is 29.6 Å². The van der Waals surface area contributed by atoms with E-state index in [1.165, 1.54) is 12.0 Å². The second-order valence-electron chi connectivity index (χ2n) is 5.14. The zero-order valence-corrected chi connectivity index (χ0v) is 17.3. The molecule has 0 aromatic heterocycles. The Kier molecular flexibility index (Phi) is 8.21. The van der Waals surface area contributed by atoms with Crippen molar-refractivity contribution in [1.29, 1.82) is 0 Å². The summed E-state index contributed by atoms with van der Waals surface area (Å²) >= 11 is -0.826. The number of hydrogen-bond donors (Lipinski definition) is 0. The molecule has 19 heavy (non-hydrogen) atoms. The van der Waals surface area contributed by atoms with Crippen LogP contribution in [0.4, 0.5) is 0 Å². The summed E-state index contributed by atoms with van der Waals surface area (Å²) in [5.74, 6) is 0. The molecule has 0 heterocycles. The van der Waals surface area contributed by atoms with Crippen LogP contribution in [0, 0.1) is 0 Å². The van der Waals surface area contributed by atoms with Gasteiger partial charge >= 0.3 is 37.9 Å². The zero-order chi connectivity index (χ0) is 14.4. The fraction of sp³-hybridized carbons (Fsp3) is 0.467. The third-order valence-electron chi connectivity index (χ3n) is 3.75. The number of fused-ring (bicyclic) bond motifs is 1. The molecule has 0 spiro atoms. The molecule has 104 valence electrons. The fourth-order valence-electron chi connectivity index (χ4n) is 2.97. The minimum absolute atomic E-state index is 0.636. The second-order valence-corrected chi connectivity index (χ2v) is 12.0. The predicted molar refractivity (Wildman–Crippen MR) is 87.4 cm³/mol. The molecule has 1 aromatic carbocycles. The molecule has 0 radical (unpaired) electrons. The van der Waals surface area contributed by atoms with Crippen molar-refractivity contribution in [2.45, 2.75) is 45.3 Å². The van der Waals surface area contributed by atoms with Gasteiger partial charge in [0.1, 0.15) is 0 Å². The van der Waals surface area contributed by atoms with E-state index >= 15 is 0 Å². The van der Waals surface area contributed by atoms with Crippen molar-refractivity contribution in [2.75, 3.05) is 0 Å². The van der Waals surface area contributed by atoms with Crippen LogP contribution in [-0.4, -0.2) is 8.80 Å². The van der Waals surface area contributed by atoms with Gasteiger partial charge in [-0.3, -0.25) is 0 Å². The first-order chi connectivity index (χ1) is 9.10. The Bertz CT molecular complexity index is 444. The minimum atomic E-state index is -0.826. The molecule has 0 saturated heterocycles. The molecule has 1 aliphatic rings. The van der Waals surface area contributed by atoms with E-state index in [0.29, 0.717) is 0 Å². The number of hydrogen-bond acceptors (Lipinski definition) is 0. The van der Waals surface area contributed by atoms with E-state index in [9.17, 15) is 0 Å². The summed E-state index contributed by atoms with van der Waals surface area (Å²) in [6.07, 6.45) is 4.85. The summed E-state index contributed by atoms with van der Waals surface area (Å²) in [6, 6.07) is 6.88. The Morgan fingerprint density at radius 1 is 1.16 bits per heavy atom. The Morgan fingerprint density at radius 3 is 2.26 bits per heavy atom. The van der Waals surface area contributed by atoms with Gasteiger partial charge in [0, 0.05) is 8.80 Å². The van der Waals surface area contributed by atoms with Crippen LogP contribution in [0.15, 0.2) is 23.8 Å². The summed E-state index contributed by atoms with van der Waals surface area (Å²) < 4.78 is 0. The first kappa shape index (κ1) is 17.7. The van der Waals surface area contributed by atoms with Crippen LogP contribution in [0.2, 0.25) is 13.1 Å². The van der Waals surface area contributed by atoms with E-state index in [4.69, 9.17) is 17.0 Å². The molecule has 2 rings (SSSR count). The summed E-state index contributed by atoms with van der Waals surface area (Å²) in [5.41, 5.74) is 7.18. The summed E-state index contributed by atoms with van der Waals surface area (Å²) in [5, 5.41) is 0. The van der Waals surface area contributed by atoms with Gasteiger partial charge in [0.15, 0.2) is 0 Å². The molecule has 0 saturated carbocycles. The van der Waals surface area contributed by atoms with Gasteiger partial charge in [0.05, 0.1) is 0 Å². The third-order valence-corrected chi connectivity index (χ3v) is 5.87. The van der Waals surface area contributed by atoms with Crippen molar-refractivity contribution in [3.63, 3.8) is 0 Å². The first-order valence-corrected chi connectivity index (χ1v) is 16.2. The standard InChI is InChI=1S/C15H22Si.2ClH.Zr/c1-5-11-8-7-9-13-14(11)10-12(6-2)15(13)16(3)4;;;/h7-10,15-16H,5-6H2,1-4H3;2*1H;/q;;;+2/p-2. The summed E-state index contributed by atoms with van der Waals surface area (Å²) in [4.78, 5) is 0. The van der Waals surface area contributed by atoms with Gasteiger partial charge in [-0.1, -0.05) is 56.8 Å². The molecule has 4 heteroatoms. The fourth-order valence-corrected chi connectivity index (χ4v) is 5.17. The van der Waals surface area contributed by atoms with Crippen molar-refractivity contribution >= 4 is 31.9 Å². The van der Waals surface area contributed by atoms with Crippen LogP contribution in [0.3, 0.4) is 0 Å². The van der Waals surface area contributed by atoms with E-state index in [1.807, 2.05) is 0 Å². The maximum absolute atomic E-state index is 4.93. The molecular weight excluding hydrogens is 370 g/mol. The van der Waals surface area contributed by atoms with Crippen LogP contribution >= 0.6 is 17.0 Å². The second kappa shape index (κ2) is 8.82. The topological polar surface area (TPSA) is 0 Å². The Hall–Kier alpha value is 0.640. The number of allylic oxidation sites excluding steroid dienone is 1. The van der Waals surface area contributed by atoms with E-state index in [0.717, 1.165) is 12.0 Å².